The number of para-hydroxylation sites is 2. The van der Waals surface area contributed by atoms with E-state index < -0.39 is 0 Å². The largest absolute Gasteiger partial charge is 0.355 e. The molecule has 1 nitrogen and oxygen atoms in total. The first kappa shape index (κ1) is 15.1. The van der Waals surface area contributed by atoms with Crippen LogP contribution in [0.15, 0.2) is 54.6 Å². The van der Waals surface area contributed by atoms with Gasteiger partial charge in [-0.1, -0.05) is 72.0 Å². The first-order valence-electron chi connectivity index (χ1n) is 7.29. The molecule has 0 radical (unpaired) electrons. The lowest BCUT2D eigenvalue weighted by Gasteiger charge is -2.28. The standard InChI is InChI=1S/C18H24NP/c1-14(2)20(15(3)4)18-13-9-8-12-17(18)19-16-10-6-5-7-11-16/h5-15,19H,1-4H3. The van der Waals surface area contributed by atoms with E-state index in [9.17, 15) is 0 Å². The van der Waals surface area contributed by atoms with E-state index in [1.807, 2.05) is 6.07 Å². The van der Waals surface area contributed by atoms with Crippen molar-refractivity contribution in [3.63, 3.8) is 0 Å². The number of benzene rings is 2. The first-order valence-corrected chi connectivity index (χ1v) is 8.77. The van der Waals surface area contributed by atoms with Crippen LogP contribution in [0.2, 0.25) is 0 Å². The highest BCUT2D eigenvalue weighted by atomic mass is 31.1. The number of rotatable bonds is 5. The minimum atomic E-state index is -0.153. The van der Waals surface area contributed by atoms with Crippen molar-refractivity contribution < 1.29 is 0 Å². The van der Waals surface area contributed by atoms with Gasteiger partial charge in [0.15, 0.2) is 0 Å². The minimum absolute atomic E-state index is 0.153. The summed E-state index contributed by atoms with van der Waals surface area (Å²) in [6.45, 7) is 9.35. The van der Waals surface area contributed by atoms with Crippen molar-refractivity contribution in [1.82, 2.24) is 0 Å². The lowest BCUT2D eigenvalue weighted by Crippen LogP contribution is -2.17. The third-order valence-electron chi connectivity index (χ3n) is 3.35. The van der Waals surface area contributed by atoms with Gasteiger partial charge in [0, 0.05) is 11.4 Å². The summed E-state index contributed by atoms with van der Waals surface area (Å²) in [5.41, 5.74) is 3.81. The van der Waals surface area contributed by atoms with Crippen LogP contribution in [0.3, 0.4) is 0 Å². The quantitative estimate of drug-likeness (QED) is 0.730. The van der Waals surface area contributed by atoms with E-state index in [4.69, 9.17) is 0 Å². The smallest absolute Gasteiger partial charge is 0.0462 e. The summed E-state index contributed by atoms with van der Waals surface area (Å²) in [5, 5.41) is 5.06. The monoisotopic (exact) mass is 285 g/mol. The molecule has 2 rings (SSSR count). The Morgan fingerprint density at radius 3 is 1.90 bits per heavy atom. The fourth-order valence-electron chi connectivity index (χ4n) is 2.63. The van der Waals surface area contributed by atoms with Crippen LogP contribution in [0.1, 0.15) is 27.7 Å². The van der Waals surface area contributed by atoms with Gasteiger partial charge in [-0.25, -0.2) is 0 Å². The Balaban J connectivity index is 2.35. The SMILES string of the molecule is CC(C)P(c1ccccc1Nc1ccccc1)C(C)C. The fraction of sp³-hybridized carbons (Fsp3) is 0.333. The maximum Gasteiger partial charge on any atom is 0.0462 e. The van der Waals surface area contributed by atoms with Gasteiger partial charge in [0.1, 0.15) is 0 Å². The Labute approximate surface area is 124 Å². The average Bonchev–Trinajstić information content (AvgIpc) is 2.41. The van der Waals surface area contributed by atoms with Crippen LogP contribution in [0, 0.1) is 0 Å². The Kier molecular flexibility index (Phi) is 5.20. The second-order valence-corrected chi connectivity index (χ2v) is 8.96. The number of anilines is 2. The van der Waals surface area contributed by atoms with Crippen LogP contribution in [0.5, 0.6) is 0 Å². The molecule has 2 aromatic rings. The fourth-order valence-corrected chi connectivity index (χ4v) is 5.61. The first-order chi connectivity index (χ1) is 9.59. The summed E-state index contributed by atoms with van der Waals surface area (Å²) in [7, 11) is -0.153. The van der Waals surface area contributed by atoms with Gasteiger partial charge >= 0.3 is 0 Å². The van der Waals surface area contributed by atoms with Crippen LogP contribution in [0.4, 0.5) is 11.4 Å². The molecule has 0 bridgehead atoms. The van der Waals surface area contributed by atoms with Gasteiger partial charge in [0.05, 0.1) is 0 Å². The topological polar surface area (TPSA) is 12.0 Å². The van der Waals surface area contributed by atoms with E-state index in [0.29, 0.717) is 11.3 Å². The van der Waals surface area contributed by atoms with Gasteiger partial charge < -0.3 is 5.32 Å². The summed E-state index contributed by atoms with van der Waals surface area (Å²) in [6.07, 6.45) is 0. The molecule has 0 aliphatic heterocycles. The van der Waals surface area contributed by atoms with Gasteiger partial charge in [0.25, 0.3) is 0 Å². The molecular formula is C18H24NP. The third kappa shape index (κ3) is 3.61. The van der Waals surface area contributed by atoms with E-state index in [0.717, 1.165) is 5.69 Å². The maximum atomic E-state index is 3.58. The highest BCUT2D eigenvalue weighted by molar-refractivity contribution is 7.67. The maximum absolute atomic E-state index is 3.58. The molecule has 2 heteroatoms. The van der Waals surface area contributed by atoms with Gasteiger partial charge in [-0.2, -0.15) is 0 Å². The molecule has 0 atom stereocenters. The second kappa shape index (κ2) is 6.90. The predicted octanol–water partition coefficient (Wildman–Crippen LogP) is 5.35. The molecule has 0 aromatic heterocycles. The van der Waals surface area contributed by atoms with Crippen molar-refractivity contribution in [2.24, 2.45) is 0 Å². The zero-order valence-corrected chi connectivity index (χ0v) is 13.7. The molecule has 0 fully saturated rings. The molecule has 20 heavy (non-hydrogen) atoms. The van der Waals surface area contributed by atoms with E-state index in [1.54, 1.807) is 0 Å². The van der Waals surface area contributed by atoms with Gasteiger partial charge in [-0.15, -0.1) is 0 Å². The van der Waals surface area contributed by atoms with Crippen LogP contribution in [-0.2, 0) is 0 Å². The molecule has 1 N–H and O–H groups in total. The summed E-state index contributed by atoms with van der Waals surface area (Å²) >= 11 is 0. The number of hydrogen-bond donors (Lipinski definition) is 1. The van der Waals surface area contributed by atoms with Crippen molar-refractivity contribution in [1.29, 1.82) is 0 Å². The molecule has 0 aliphatic carbocycles. The zero-order chi connectivity index (χ0) is 14.5. The van der Waals surface area contributed by atoms with Crippen LogP contribution >= 0.6 is 7.92 Å². The van der Waals surface area contributed by atoms with Crippen LogP contribution < -0.4 is 10.6 Å². The molecule has 2 aromatic carbocycles. The molecule has 0 saturated carbocycles. The van der Waals surface area contributed by atoms with Crippen molar-refractivity contribution in [3.05, 3.63) is 54.6 Å². The third-order valence-corrected chi connectivity index (χ3v) is 6.52. The highest BCUT2D eigenvalue weighted by Gasteiger charge is 2.21. The number of nitrogens with one attached hydrogen (secondary N) is 1. The molecule has 0 saturated heterocycles. The van der Waals surface area contributed by atoms with Crippen molar-refractivity contribution >= 4 is 24.6 Å². The minimum Gasteiger partial charge on any atom is -0.355 e. The van der Waals surface area contributed by atoms with E-state index in [2.05, 4.69) is 81.5 Å². The van der Waals surface area contributed by atoms with Gasteiger partial charge in [-0.05, 0) is 34.8 Å². The normalized spacial score (nSPS) is 11.3. The lowest BCUT2D eigenvalue weighted by atomic mass is 10.3. The van der Waals surface area contributed by atoms with E-state index in [-0.39, 0.29) is 7.92 Å². The van der Waals surface area contributed by atoms with Crippen LogP contribution in [0.25, 0.3) is 0 Å². The predicted molar refractivity (Wildman–Crippen MR) is 93.0 cm³/mol. The Morgan fingerprint density at radius 1 is 0.750 bits per heavy atom. The zero-order valence-electron chi connectivity index (χ0n) is 12.8. The molecule has 0 spiro atoms. The molecule has 0 unspecified atom stereocenters. The Morgan fingerprint density at radius 2 is 1.30 bits per heavy atom. The Hall–Kier alpha value is -1.33. The summed E-state index contributed by atoms with van der Waals surface area (Å²) in [4.78, 5) is 0. The molecule has 0 amide bonds. The van der Waals surface area contributed by atoms with Crippen molar-refractivity contribution in [2.75, 3.05) is 5.32 Å². The molecule has 0 heterocycles. The van der Waals surface area contributed by atoms with Crippen molar-refractivity contribution in [3.8, 4) is 0 Å². The molecule has 0 aliphatic rings. The average molecular weight is 285 g/mol. The highest BCUT2D eigenvalue weighted by Crippen LogP contribution is 2.46. The van der Waals surface area contributed by atoms with Crippen molar-refractivity contribution in [2.45, 2.75) is 39.0 Å². The summed E-state index contributed by atoms with van der Waals surface area (Å²) in [5.74, 6) is 0. The van der Waals surface area contributed by atoms with E-state index in [1.165, 1.54) is 11.0 Å². The van der Waals surface area contributed by atoms with Crippen LogP contribution in [-0.4, -0.2) is 11.3 Å². The second-order valence-electron chi connectivity index (χ2n) is 5.60. The van der Waals surface area contributed by atoms with Gasteiger partial charge in [0.2, 0.25) is 0 Å². The number of hydrogen-bond acceptors (Lipinski definition) is 1. The van der Waals surface area contributed by atoms with Gasteiger partial charge in [-0.3, -0.25) is 0 Å². The molecular weight excluding hydrogens is 261 g/mol. The van der Waals surface area contributed by atoms with E-state index >= 15 is 0 Å². The summed E-state index contributed by atoms with van der Waals surface area (Å²) < 4.78 is 0. The summed E-state index contributed by atoms with van der Waals surface area (Å²) in [6, 6.07) is 19.2. The molecule has 106 valence electrons. The Bertz CT molecular complexity index is 526. The lowest BCUT2D eigenvalue weighted by molar-refractivity contribution is 1.02.